The number of carbonyl (C=O) groups is 2. The van der Waals surface area contributed by atoms with Crippen molar-refractivity contribution in [2.24, 2.45) is 0 Å². The highest BCUT2D eigenvalue weighted by atomic mass is 35.5. The summed E-state index contributed by atoms with van der Waals surface area (Å²) in [6, 6.07) is 4.36. The average molecular weight is 348 g/mol. The fourth-order valence-electron chi connectivity index (χ4n) is 1.93. The van der Waals surface area contributed by atoms with Crippen LogP contribution in [-0.2, 0) is 9.47 Å². The number of hydrogen-bond acceptors (Lipinski definition) is 4. The Morgan fingerprint density at radius 1 is 0.905 bits per heavy atom. The summed E-state index contributed by atoms with van der Waals surface area (Å²) >= 11 is 18.5. The predicted molar refractivity (Wildman–Crippen MR) is 81.7 cm³/mol. The Morgan fingerprint density at radius 2 is 1.48 bits per heavy atom. The zero-order chi connectivity index (χ0) is 15.7. The van der Waals surface area contributed by atoms with Gasteiger partial charge in [-0.25, -0.2) is 9.59 Å². The lowest BCUT2D eigenvalue weighted by Crippen LogP contribution is -2.05. The van der Waals surface area contributed by atoms with Crippen molar-refractivity contribution in [2.45, 2.75) is 0 Å². The fraction of sp³-hybridized carbons (Fsp3) is 0.143. The molecule has 0 amide bonds. The van der Waals surface area contributed by atoms with Gasteiger partial charge in [-0.05, 0) is 12.1 Å². The quantitative estimate of drug-likeness (QED) is 0.757. The molecular weight excluding hydrogens is 339 g/mol. The number of carbonyl (C=O) groups excluding carboxylic acids is 2. The number of ether oxygens (including phenoxy) is 2. The van der Waals surface area contributed by atoms with E-state index >= 15 is 0 Å². The lowest BCUT2D eigenvalue weighted by atomic mass is 10.0. The third-order valence-electron chi connectivity index (χ3n) is 2.94. The van der Waals surface area contributed by atoms with E-state index < -0.39 is 11.9 Å². The Balaban J connectivity index is 2.82. The molecule has 0 unspecified atom stereocenters. The first-order valence-corrected chi connectivity index (χ1v) is 6.82. The van der Waals surface area contributed by atoms with Crippen LogP contribution in [0, 0.1) is 0 Å². The Labute approximate surface area is 135 Å². The van der Waals surface area contributed by atoms with Gasteiger partial charge in [-0.15, -0.1) is 0 Å². The second-order valence-electron chi connectivity index (χ2n) is 4.05. The smallest absolute Gasteiger partial charge is 0.339 e. The molecule has 0 radical (unpaired) electrons. The number of rotatable bonds is 2. The summed E-state index contributed by atoms with van der Waals surface area (Å²) in [6.07, 6.45) is 0. The molecule has 2 aromatic rings. The molecule has 0 heterocycles. The predicted octanol–water partition coefficient (Wildman–Crippen LogP) is 4.37. The van der Waals surface area contributed by atoms with E-state index in [4.69, 9.17) is 34.8 Å². The number of benzene rings is 2. The van der Waals surface area contributed by atoms with Crippen molar-refractivity contribution in [3.05, 3.63) is 44.4 Å². The SMILES string of the molecule is COC(=O)c1cc(Cl)c2c(Cl)c(C(=O)OC)ccc2c1Cl. The molecule has 110 valence electrons. The zero-order valence-electron chi connectivity index (χ0n) is 11.0. The first-order chi connectivity index (χ1) is 9.92. The summed E-state index contributed by atoms with van der Waals surface area (Å²) < 4.78 is 9.28. The van der Waals surface area contributed by atoms with Gasteiger partial charge >= 0.3 is 11.9 Å². The van der Waals surface area contributed by atoms with Gasteiger partial charge in [0.2, 0.25) is 0 Å². The van der Waals surface area contributed by atoms with Crippen molar-refractivity contribution < 1.29 is 19.1 Å². The molecule has 0 saturated heterocycles. The molecule has 0 saturated carbocycles. The van der Waals surface area contributed by atoms with Crippen LogP contribution < -0.4 is 0 Å². The Bertz CT molecular complexity index is 756. The number of fused-ring (bicyclic) bond motifs is 1. The van der Waals surface area contributed by atoms with Crippen LogP contribution in [0.5, 0.6) is 0 Å². The molecule has 0 fully saturated rings. The Hall–Kier alpha value is -1.49. The zero-order valence-corrected chi connectivity index (χ0v) is 13.3. The van der Waals surface area contributed by atoms with Gasteiger partial charge in [-0.3, -0.25) is 0 Å². The van der Waals surface area contributed by atoms with Gasteiger partial charge < -0.3 is 9.47 Å². The molecule has 4 nitrogen and oxygen atoms in total. The van der Waals surface area contributed by atoms with E-state index in [-0.39, 0.29) is 26.2 Å². The van der Waals surface area contributed by atoms with Gasteiger partial charge in [-0.1, -0.05) is 40.9 Å². The summed E-state index contributed by atoms with van der Waals surface area (Å²) in [5, 5.41) is 1.27. The molecule has 7 heteroatoms. The largest absolute Gasteiger partial charge is 0.465 e. The number of halogens is 3. The second-order valence-corrected chi connectivity index (χ2v) is 5.22. The minimum Gasteiger partial charge on any atom is -0.465 e. The van der Waals surface area contributed by atoms with Crippen LogP contribution in [0.2, 0.25) is 15.1 Å². The molecule has 0 aliphatic rings. The molecule has 2 aromatic carbocycles. The van der Waals surface area contributed by atoms with Crippen molar-refractivity contribution in [2.75, 3.05) is 14.2 Å². The fourth-order valence-corrected chi connectivity index (χ4v) is 2.91. The molecule has 0 atom stereocenters. The number of esters is 2. The van der Waals surface area contributed by atoms with Crippen molar-refractivity contribution in [1.82, 2.24) is 0 Å². The minimum atomic E-state index is -0.614. The van der Waals surface area contributed by atoms with E-state index in [0.717, 1.165) is 0 Å². The van der Waals surface area contributed by atoms with E-state index in [2.05, 4.69) is 9.47 Å². The van der Waals surface area contributed by atoms with Crippen molar-refractivity contribution in [1.29, 1.82) is 0 Å². The summed E-state index contributed by atoms with van der Waals surface area (Å²) in [4.78, 5) is 23.3. The number of hydrogen-bond donors (Lipinski definition) is 0. The first-order valence-electron chi connectivity index (χ1n) is 5.69. The maximum absolute atomic E-state index is 11.7. The van der Waals surface area contributed by atoms with E-state index in [1.807, 2.05) is 0 Å². The van der Waals surface area contributed by atoms with Crippen LogP contribution >= 0.6 is 34.8 Å². The normalized spacial score (nSPS) is 10.5. The number of methoxy groups -OCH3 is 2. The molecule has 0 aliphatic carbocycles. The maximum Gasteiger partial charge on any atom is 0.339 e. The lowest BCUT2D eigenvalue weighted by molar-refractivity contribution is 0.0592. The molecule has 0 aromatic heterocycles. The Morgan fingerprint density at radius 3 is 2.05 bits per heavy atom. The van der Waals surface area contributed by atoms with Crippen LogP contribution in [0.3, 0.4) is 0 Å². The van der Waals surface area contributed by atoms with Crippen molar-refractivity contribution >= 4 is 57.5 Å². The van der Waals surface area contributed by atoms with E-state index in [9.17, 15) is 9.59 Å². The molecule has 2 rings (SSSR count). The lowest BCUT2D eigenvalue weighted by Gasteiger charge is -2.11. The topological polar surface area (TPSA) is 52.6 Å². The van der Waals surface area contributed by atoms with Crippen LogP contribution in [0.4, 0.5) is 0 Å². The van der Waals surface area contributed by atoms with Crippen LogP contribution in [-0.4, -0.2) is 26.2 Å². The maximum atomic E-state index is 11.7. The second kappa shape index (κ2) is 6.10. The van der Waals surface area contributed by atoms with Crippen LogP contribution in [0.25, 0.3) is 10.8 Å². The highest BCUT2D eigenvalue weighted by Gasteiger charge is 2.21. The average Bonchev–Trinajstić information content (AvgIpc) is 2.49. The van der Waals surface area contributed by atoms with E-state index in [0.29, 0.717) is 10.8 Å². The molecule has 0 spiro atoms. The van der Waals surface area contributed by atoms with E-state index in [1.54, 1.807) is 6.07 Å². The minimum absolute atomic E-state index is 0.114. The standard InChI is InChI=1S/C14H9Cl3O4/c1-20-13(18)7-4-3-6-10(12(7)17)9(15)5-8(11(6)16)14(19)21-2/h3-5H,1-2H3. The molecule has 0 bridgehead atoms. The van der Waals surface area contributed by atoms with Crippen molar-refractivity contribution in [3.8, 4) is 0 Å². The van der Waals surface area contributed by atoms with Crippen molar-refractivity contribution in [3.63, 3.8) is 0 Å². The summed E-state index contributed by atoms with van der Waals surface area (Å²) in [6.45, 7) is 0. The van der Waals surface area contributed by atoms with E-state index in [1.165, 1.54) is 26.4 Å². The van der Waals surface area contributed by atoms with Crippen LogP contribution in [0.1, 0.15) is 20.7 Å². The van der Waals surface area contributed by atoms with Gasteiger partial charge in [0.05, 0.1) is 40.4 Å². The highest BCUT2D eigenvalue weighted by Crippen LogP contribution is 2.39. The molecular formula is C14H9Cl3O4. The van der Waals surface area contributed by atoms with Crippen LogP contribution in [0.15, 0.2) is 18.2 Å². The van der Waals surface area contributed by atoms with Gasteiger partial charge in [0.25, 0.3) is 0 Å². The third kappa shape index (κ3) is 2.67. The third-order valence-corrected chi connectivity index (χ3v) is 4.03. The first kappa shape index (κ1) is 15.9. The summed E-state index contributed by atoms with van der Waals surface area (Å²) in [5.74, 6) is -1.21. The van der Waals surface area contributed by atoms with Gasteiger partial charge in [0.1, 0.15) is 0 Å². The van der Waals surface area contributed by atoms with Gasteiger partial charge in [0.15, 0.2) is 0 Å². The monoisotopic (exact) mass is 346 g/mol. The van der Waals surface area contributed by atoms with Gasteiger partial charge in [0, 0.05) is 10.8 Å². The van der Waals surface area contributed by atoms with Gasteiger partial charge in [-0.2, -0.15) is 0 Å². The summed E-state index contributed by atoms with van der Waals surface area (Å²) in [7, 11) is 2.49. The molecule has 0 N–H and O–H groups in total. The summed E-state index contributed by atoms with van der Waals surface area (Å²) in [5.41, 5.74) is 0.286. The Kier molecular flexibility index (Phi) is 4.61. The molecule has 21 heavy (non-hydrogen) atoms. The highest BCUT2D eigenvalue weighted by molar-refractivity contribution is 6.47. The molecule has 0 aliphatic heterocycles.